The number of phenolic OH excluding ortho intramolecular Hbond substituents is 1. The predicted molar refractivity (Wildman–Crippen MR) is 95.8 cm³/mol. The van der Waals surface area contributed by atoms with Gasteiger partial charge in [-0.05, 0) is 50.6 Å². The smallest absolute Gasteiger partial charge is 0.410 e. The molecule has 0 saturated carbocycles. The van der Waals surface area contributed by atoms with Gasteiger partial charge in [0.25, 0.3) is 5.56 Å². The second-order valence-electron chi connectivity index (χ2n) is 7.60. The first-order chi connectivity index (χ1) is 11.7. The molecule has 6 nitrogen and oxygen atoms in total. The highest BCUT2D eigenvalue weighted by atomic mass is 16.6. The number of benzene rings is 1. The minimum Gasteiger partial charge on any atom is -0.507 e. The Labute approximate surface area is 146 Å². The summed E-state index contributed by atoms with van der Waals surface area (Å²) in [6.45, 7) is 7.26. The highest BCUT2D eigenvalue weighted by Gasteiger charge is 2.30. The van der Waals surface area contributed by atoms with Crippen molar-refractivity contribution in [1.29, 1.82) is 0 Å². The number of phenols is 1. The molecule has 2 aromatic rings. The van der Waals surface area contributed by atoms with Crippen LogP contribution in [0.2, 0.25) is 0 Å². The van der Waals surface area contributed by atoms with E-state index in [1.54, 1.807) is 27.8 Å². The van der Waals surface area contributed by atoms with Crippen LogP contribution in [0.5, 0.6) is 5.75 Å². The maximum Gasteiger partial charge on any atom is 0.410 e. The number of fused-ring (bicyclic) bond motifs is 1. The van der Waals surface area contributed by atoms with Crippen molar-refractivity contribution < 1.29 is 14.6 Å². The van der Waals surface area contributed by atoms with Crippen LogP contribution in [0, 0.1) is 5.92 Å². The van der Waals surface area contributed by atoms with Gasteiger partial charge in [-0.3, -0.25) is 4.79 Å². The minimum absolute atomic E-state index is 0.00125. The average molecular weight is 344 g/mol. The second-order valence-corrected chi connectivity index (χ2v) is 7.60. The van der Waals surface area contributed by atoms with Gasteiger partial charge in [-0.15, -0.1) is 0 Å². The number of nitrogens with zero attached hydrogens (tertiary/aromatic N) is 2. The largest absolute Gasteiger partial charge is 0.507 e. The molecule has 1 saturated heterocycles. The van der Waals surface area contributed by atoms with Gasteiger partial charge in [0.05, 0.1) is 5.39 Å². The molecule has 6 heteroatoms. The Kier molecular flexibility index (Phi) is 4.45. The fourth-order valence-corrected chi connectivity index (χ4v) is 3.21. The van der Waals surface area contributed by atoms with Crippen molar-refractivity contribution >= 4 is 16.9 Å². The molecule has 0 aliphatic carbocycles. The first kappa shape index (κ1) is 17.3. The fraction of sp³-hybridized carbons (Fsp3) is 0.474. The SMILES string of the molecule is CC(C)(C)OC(=O)N1CCC(Cn2ccc3cccc(O)c3c2=O)C1. The van der Waals surface area contributed by atoms with E-state index in [0.29, 0.717) is 25.0 Å². The van der Waals surface area contributed by atoms with Gasteiger partial charge in [-0.25, -0.2) is 4.79 Å². The van der Waals surface area contributed by atoms with Gasteiger partial charge in [0.2, 0.25) is 0 Å². The molecule has 0 spiro atoms. The molecule has 1 atom stereocenters. The summed E-state index contributed by atoms with van der Waals surface area (Å²) in [5.74, 6) is 0.187. The van der Waals surface area contributed by atoms with Crippen LogP contribution in [0.25, 0.3) is 10.8 Å². The topological polar surface area (TPSA) is 71.8 Å². The molecule has 1 aliphatic heterocycles. The number of carbonyl (C=O) groups is 1. The van der Waals surface area contributed by atoms with E-state index in [-0.39, 0.29) is 23.3 Å². The zero-order chi connectivity index (χ0) is 18.2. The maximum atomic E-state index is 12.6. The predicted octanol–water partition coefficient (Wildman–Crippen LogP) is 2.96. The van der Waals surface area contributed by atoms with Gasteiger partial charge >= 0.3 is 6.09 Å². The number of rotatable bonds is 2. The van der Waals surface area contributed by atoms with Crippen LogP contribution in [0.3, 0.4) is 0 Å². The van der Waals surface area contributed by atoms with E-state index in [1.807, 2.05) is 26.8 Å². The van der Waals surface area contributed by atoms with Crippen LogP contribution < -0.4 is 5.56 Å². The lowest BCUT2D eigenvalue weighted by molar-refractivity contribution is 0.0287. The maximum absolute atomic E-state index is 12.6. The lowest BCUT2D eigenvalue weighted by Gasteiger charge is -2.24. The molecule has 1 aromatic heterocycles. The molecule has 134 valence electrons. The summed E-state index contributed by atoms with van der Waals surface area (Å²) in [6.07, 6.45) is 2.27. The van der Waals surface area contributed by atoms with Crippen molar-refractivity contribution in [2.45, 2.75) is 39.3 Å². The third kappa shape index (κ3) is 3.78. The number of aromatic hydroxyl groups is 1. The van der Waals surface area contributed by atoms with E-state index in [4.69, 9.17) is 4.74 Å². The first-order valence-electron chi connectivity index (χ1n) is 8.53. The van der Waals surface area contributed by atoms with Crippen molar-refractivity contribution in [2.24, 2.45) is 5.92 Å². The van der Waals surface area contributed by atoms with Gasteiger partial charge in [0.1, 0.15) is 11.4 Å². The molecule has 1 fully saturated rings. The lowest BCUT2D eigenvalue weighted by Crippen LogP contribution is -2.35. The monoisotopic (exact) mass is 344 g/mol. The number of pyridine rings is 1. The number of aromatic nitrogens is 1. The van der Waals surface area contributed by atoms with E-state index in [1.165, 1.54) is 6.07 Å². The molecule has 25 heavy (non-hydrogen) atoms. The molecular formula is C19H24N2O4. The second kappa shape index (κ2) is 6.43. The van der Waals surface area contributed by atoms with Crippen LogP contribution in [0.15, 0.2) is 35.3 Å². The minimum atomic E-state index is -0.512. The zero-order valence-electron chi connectivity index (χ0n) is 14.9. The molecule has 1 N–H and O–H groups in total. The fourth-order valence-electron chi connectivity index (χ4n) is 3.21. The van der Waals surface area contributed by atoms with Crippen LogP contribution in [-0.2, 0) is 11.3 Å². The van der Waals surface area contributed by atoms with Crippen LogP contribution >= 0.6 is 0 Å². The highest BCUT2D eigenvalue weighted by molar-refractivity contribution is 5.86. The molecule has 1 amide bonds. The van der Waals surface area contributed by atoms with Crippen LogP contribution in [0.4, 0.5) is 4.79 Å². The highest BCUT2D eigenvalue weighted by Crippen LogP contribution is 2.23. The van der Waals surface area contributed by atoms with Crippen molar-refractivity contribution in [3.8, 4) is 5.75 Å². The number of amides is 1. The Hall–Kier alpha value is -2.50. The van der Waals surface area contributed by atoms with Gasteiger partial charge in [0.15, 0.2) is 0 Å². The van der Waals surface area contributed by atoms with E-state index < -0.39 is 5.60 Å². The number of hydrogen-bond donors (Lipinski definition) is 1. The van der Waals surface area contributed by atoms with E-state index in [9.17, 15) is 14.7 Å². The van der Waals surface area contributed by atoms with Crippen molar-refractivity contribution in [3.63, 3.8) is 0 Å². The zero-order valence-corrected chi connectivity index (χ0v) is 14.9. The molecule has 0 bridgehead atoms. The Morgan fingerprint density at radius 2 is 2.08 bits per heavy atom. The Morgan fingerprint density at radius 3 is 2.80 bits per heavy atom. The van der Waals surface area contributed by atoms with Crippen LogP contribution in [-0.4, -0.2) is 39.4 Å². The standard InChI is InChI=1S/C19H24N2O4/c1-19(2,3)25-18(24)21-9-7-13(12-21)11-20-10-8-14-5-4-6-15(22)16(14)17(20)23/h4-6,8,10,13,22H,7,9,11-12H2,1-3H3. The molecule has 1 aromatic carbocycles. The Morgan fingerprint density at radius 1 is 1.32 bits per heavy atom. The van der Waals surface area contributed by atoms with Crippen LogP contribution in [0.1, 0.15) is 27.2 Å². The van der Waals surface area contributed by atoms with E-state index in [0.717, 1.165) is 11.8 Å². The summed E-state index contributed by atoms with van der Waals surface area (Å²) in [5.41, 5.74) is -0.714. The van der Waals surface area contributed by atoms with Crippen molar-refractivity contribution in [1.82, 2.24) is 9.47 Å². The number of carbonyl (C=O) groups excluding carboxylic acids is 1. The molecule has 2 heterocycles. The Bertz CT molecular complexity index is 851. The summed E-state index contributed by atoms with van der Waals surface area (Å²) in [7, 11) is 0. The Balaban J connectivity index is 1.73. The molecule has 3 rings (SSSR count). The molecular weight excluding hydrogens is 320 g/mol. The molecule has 1 aliphatic rings. The summed E-state index contributed by atoms with van der Waals surface area (Å²) in [6, 6.07) is 6.88. The summed E-state index contributed by atoms with van der Waals surface area (Å²) in [5, 5.41) is 11.0. The summed E-state index contributed by atoms with van der Waals surface area (Å²) < 4.78 is 7.02. The number of hydrogen-bond acceptors (Lipinski definition) is 4. The van der Waals surface area contributed by atoms with Gasteiger partial charge in [-0.2, -0.15) is 0 Å². The van der Waals surface area contributed by atoms with Gasteiger partial charge in [-0.1, -0.05) is 12.1 Å². The van der Waals surface area contributed by atoms with Gasteiger partial charge < -0.3 is 19.3 Å². The third-order valence-electron chi connectivity index (χ3n) is 4.38. The lowest BCUT2D eigenvalue weighted by atomic mass is 10.1. The average Bonchev–Trinajstić information content (AvgIpc) is 2.97. The number of likely N-dealkylation sites (tertiary alicyclic amines) is 1. The summed E-state index contributed by atoms with van der Waals surface area (Å²) in [4.78, 5) is 26.5. The van der Waals surface area contributed by atoms with Crippen molar-refractivity contribution in [3.05, 3.63) is 40.8 Å². The van der Waals surface area contributed by atoms with Gasteiger partial charge in [0, 0.05) is 25.8 Å². The third-order valence-corrected chi connectivity index (χ3v) is 4.38. The summed E-state index contributed by atoms with van der Waals surface area (Å²) >= 11 is 0. The normalized spacial score (nSPS) is 17.9. The van der Waals surface area contributed by atoms with E-state index >= 15 is 0 Å². The number of ether oxygens (including phenoxy) is 1. The molecule has 1 unspecified atom stereocenters. The quantitative estimate of drug-likeness (QED) is 0.909. The van der Waals surface area contributed by atoms with Crippen molar-refractivity contribution in [2.75, 3.05) is 13.1 Å². The molecule has 0 radical (unpaired) electrons. The first-order valence-corrected chi connectivity index (χ1v) is 8.53. The van der Waals surface area contributed by atoms with E-state index in [2.05, 4.69) is 0 Å².